The lowest BCUT2D eigenvalue weighted by Crippen LogP contribution is -2.68. The van der Waals surface area contributed by atoms with Crippen molar-refractivity contribution in [2.24, 2.45) is 5.92 Å². The van der Waals surface area contributed by atoms with Crippen molar-refractivity contribution in [3.63, 3.8) is 0 Å². The van der Waals surface area contributed by atoms with Crippen LogP contribution in [0.3, 0.4) is 0 Å². The minimum atomic E-state index is -0.284. The number of hydrogen-bond donors (Lipinski definition) is 0. The zero-order valence-corrected chi connectivity index (χ0v) is 16.4. The summed E-state index contributed by atoms with van der Waals surface area (Å²) in [5, 5.41) is 0. The average molecular weight is 351 g/mol. The number of hydrogen-bond acceptors (Lipinski definition) is 3. The van der Waals surface area contributed by atoms with Crippen LogP contribution in [0.1, 0.15) is 55.2 Å². The Morgan fingerprint density at radius 2 is 1.69 bits per heavy atom. The van der Waals surface area contributed by atoms with Crippen molar-refractivity contribution < 1.29 is 9.53 Å². The summed E-state index contributed by atoms with van der Waals surface area (Å²) in [6.07, 6.45) is 0.997. The Labute approximate surface area is 157 Å². The minimum Gasteiger partial charge on any atom is -0.465 e. The fourth-order valence-electron chi connectivity index (χ4n) is 4.59. The number of nitrogens with zero attached hydrogens (tertiary/aromatic N) is 1. The van der Waals surface area contributed by atoms with Crippen LogP contribution in [0.5, 0.6) is 0 Å². The summed E-state index contributed by atoms with van der Waals surface area (Å²) in [4.78, 5) is 14.3. The second-order valence-electron chi connectivity index (χ2n) is 8.01. The minimum absolute atomic E-state index is 0.135. The molecule has 1 heterocycles. The molecule has 2 atom stereocenters. The monoisotopic (exact) mass is 351 g/mol. The molecule has 0 saturated carbocycles. The van der Waals surface area contributed by atoms with E-state index in [0.717, 1.165) is 6.42 Å². The van der Waals surface area contributed by atoms with Gasteiger partial charge in [0.05, 0.1) is 12.7 Å². The first-order valence-corrected chi connectivity index (χ1v) is 9.37. The number of ether oxygens (including phenoxy) is 1. The Bertz CT molecular complexity index is 750. The third-order valence-electron chi connectivity index (χ3n) is 5.78. The van der Waals surface area contributed by atoms with Gasteiger partial charge >= 0.3 is 5.97 Å². The first-order valence-electron chi connectivity index (χ1n) is 9.37. The molecule has 1 aliphatic heterocycles. The van der Waals surface area contributed by atoms with Crippen LogP contribution in [0, 0.1) is 5.92 Å². The Hall–Kier alpha value is -2.13. The summed E-state index contributed by atoms with van der Waals surface area (Å²) in [5.41, 5.74) is 3.39. The standard InChI is InChI=1S/C23H29NO2/c1-16(2)24-21(18-9-7-6-8-10-18)20(23(24,3)4)15-17-11-13-19(14-12-17)22(25)26-5/h6-14,16,20-21H,15H2,1-5H3. The summed E-state index contributed by atoms with van der Waals surface area (Å²) < 4.78 is 4.79. The molecule has 0 aliphatic carbocycles. The highest BCUT2D eigenvalue weighted by Crippen LogP contribution is 2.53. The molecule has 138 valence electrons. The van der Waals surface area contributed by atoms with Crippen molar-refractivity contribution in [3.05, 3.63) is 71.3 Å². The summed E-state index contributed by atoms with van der Waals surface area (Å²) >= 11 is 0. The van der Waals surface area contributed by atoms with Crippen LogP contribution >= 0.6 is 0 Å². The molecule has 1 fully saturated rings. The van der Waals surface area contributed by atoms with Crippen LogP contribution in [0.25, 0.3) is 0 Å². The maximum absolute atomic E-state index is 11.6. The van der Waals surface area contributed by atoms with Gasteiger partial charge in [-0.25, -0.2) is 4.79 Å². The predicted octanol–water partition coefficient (Wildman–Crippen LogP) is 4.88. The molecule has 0 bridgehead atoms. The van der Waals surface area contributed by atoms with Crippen molar-refractivity contribution >= 4 is 5.97 Å². The molecule has 2 aromatic carbocycles. The number of carbonyl (C=O) groups excluding carboxylic acids is 1. The lowest BCUT2D eigenvalue weighted by atomic mass is 9.64. The molecule has 2 aromatic rings. The fourth-order valence-corrected chi connectivity index (χ4v) is 4.59. The Kier molecular flexibility index (Phi) is 5.19. The Balaban J connectivity index is 1.86. The number of rotatable bonds is 5. The average Bonchev–Trinajstić information content (AvgIpc) is 2.64. The number of esters is 1. The molecule has 3 nitrogen and oxygen atoms in total. The Morgan fingerprint density at radius 3 is 2.23 bits per heavy atom. The zero-order chi connectivity index (χ0) is 18.9. The summed E-state index contributed by atoms with van der Waals surface area (Å²) in [6.45, 7) is 9.25. The van der Waals surface area contributed by atoms with Crippen molar-refractivity contribution in [3.8, 4) is 0 Å². The van der Waals surface area contributed by atoms with Gasteiger partial charge in [-0.15, -0.1) is 0 Å². The molecule has 0 radical (unpaired) electrons. The molecule has 3 rings (SSSR count). The van der Waals surface area contributed by atoms with Gasteiger partial charge in [0.2, 0.25) is 0 Å². The molecule has 3 heteroatoms. The van der Waals surface area contributed by atoms with Crippen molar-refractivity contribution in [2.45, 2.75) is 51.7 Å². The van der Waals surface area contributed by atoms with E-state index in [1.54, 1.807) is 0 Å². The van der Waals surface area contributed by atoms with E-state index in [1.165, 1.54) is 18.2 Å². The highest BCUT2D eigenvalue weighted by Gasteiger charge is 2.55. The number of methoxy groups -OCH3 is 1. The molecule has 0 spiro atoms. The van der Waals surface area contributed by atoms with Crippen LogP contribution < -0.4 is 0 Å². The van der Waals surface area contributed by atoms with E-state index >= 15 is 0 Å². The molecule has 2 unspecified atom stereocenters. The number of likely N-dealkylation sites (tertiary alicyclic amines) is 1. The third-order valence-corrected chi connectivity index (χ3v) is 5.78. The molecular formula is C23H29NO2. The van der Waals surface area contributed by atoms with Gasteiger partial charge in [0.1, 0.15) is 0 Å². The normalized spacial score (nSPS) is 22.1. The molecule has 0 aromatic heterocycles. The maximum Gasteiger partial charge on any atom is 0.337 e. The summed E-state index contributed by atoms with van der Waals surface area (Å²) in [7, 11) is 1.41. The maximum atomic E-state index is 11.6. The zero-order valence-electron chi connectivity index (χ0n) is 16.4. The van der Waals surface area contributed by atoms with E-state index in [-0.39, 0.29) is 11.5 Å². The first-order chi connectivity index (χ1) is 12.4. The largest absolute Gasteiger partial charge is 0.465 e. The molecule has 0 N–H and O–H groups in total. The van der Waals surface area contributed by atoms with Gasteiger partial charge in [-0.2, -0.15) is 0 Å². The molecule has 1 aliphatic rings. The SMILES string of the molecule is COC(=O)c1ccc(CC2C(c3ccccc3)N(C(C)C)C2(C)C)cc1. The lowest BCUT2D eigenvalue weighted by Gasteiger charge is -2.64. The van der Waals surface area contributed by atoms with E-state index in [1.807, 2.05) is 12.1 Å². The predicted molar refractivity (Wildman–Crippen MR) is 105 cm³/mol. The second-order valence-corrected chi connectivity index (χ2v) is 8.01. The number of carbonyl (C=O) groups is 1. The Morgan fingerprint density at radius 1 is 1.08 bits per heavy atom. The molecule has 26 heavy (non-hydrogen) atoms. The van der Waals surface area contributed by atoms with Crippen LogP contribution in [0.15, 0.2) is 54.6 Å². The van der Waals surface area contributed by atoms with E-state index in [9.17, 15) is 4.79 Å². The van der Waals surface area contributed by atoms with Crippen LogP contribution in [-0.4, -0.2) is 29.6 Å². The van der Waals surface area contributed by atoms with E-state index in [2.05, 4.69) is 75.1 Å². The lowest BCUT2D eigenvalue weighted by molar-refractivity contribution is -0.141. The molecular weight excluding hydrogens is 322 g/mol. The van der Waals surface area contributed by atoms with Crippen molar-refractivity contribution in [1.82, 2.24) is 4.90 Å². The second kappa shape index (κ2) is 7.24. The van der Waals surface area contributed by atoms with E-state index < -0.39 is 0 Å². The number of benzene rings is 2. The van der Waals surface area contributed by atoms with Gasteiger partial charge in [0.15, 0.2) is 0 Å². The summed E-state index contributed by atoms with van der Waals surface area (Å²) in [6, 6.07) is 19.6. The van der Waals surface area contributed by atoms with Gasteiger partial charge < -0.3 is 4.74 Å². The van der Waals surface area contributed by atoms with Gasteiger partial charge in [0.25, 0.3) is 0 Å². The van der Waals surface area contributed by atoms with Crippen LogP contribution in [0.4, 0.5) is 0 Å². The quantitative estimate of drug-likeness (QED) is 0.719. The highest BCUT2D eigenvalue weighted by molar-refractivity contribution is 5.89. The van der Waals surface area contributed by atoms with E-state index in [0.29, 0.717) is 23.6 Å². The van der Waals surface area contributed by atoms with Gasteiger partial charge in [-0.1, -0.05) is 42.5 Å². The molecule has 0 amide bonds. The molecule has 1 saturated heterocycles. The van der Waals surface area contributed by atoms with Gasteiger partial charge in [-0.05, 0) is 57.4 Å². The fraction of sp³-hybridized carbons (Fsp3) is 0.435. The van der Waals surface area contributed by atoms with Gasteiger partial charge in [0, 0.05) is 23.5 Å². The van der Waals surface area contributed by atoms with Crippen LogP contribution in [0.2, 0.25) is 0 Å². The topological polar surface area (TPSA) is 29.5 Å². The van der Waals surface area contributed by atoms with Crippen LogP contribution in [-0.2, 0) is 11.2 Å². The first kappa shape index (κ1) is 18.7. The summed E-state index contributed by atoms with van der Waals surface area (Å²) in [5.74, 6) is 0.241. The van der Waals surface area contributed by atoms with Gasteiger partial charge in [-0.3, -0.25) is 4.90 Å². The van der Waals surface area contributed by atoms with Crippen molar-refractivity contribution in [1.29, 1.82) is 0 Å². The highest BCUT2D eigenvalue weighted by atomic mass is 16.5. The van der Waals surface area contributed by atoms with E-state index in [4.69, 9.17) is 4.74 Å². The third kappa shape index (κ3) is 3.28. The smallest absolute Gasteiger partial charge is 0.337 e. The van der Waals surface area contributed by atoms with Crippen molar-refractivity contribution in [2.75, 3.05) is 7.11 Å².